The van der Waals surface area contributed by atoms with E-state index in [-0.39, 0.29) is 12.2 Å². The van der Waals surface area contributed by atoms with Crippen molar-refractivity contribution in [2.75, 3.05) is 0 Å². The minimum absolute atomic E-state index is 0.0486. The van der Waals surface area contributed by atoms with E-state index in [9.17, 15) is 9.59 Å². The van der Waals surface area contributed by atoms with Gasteiger partial charge in [0.2, 0.25) is 0 Å². The Balaban J connectivity index is 1.77. The number of carbonyl (C=O) groups excluding carboxylic acids is 1. The van der Waals surface area contributed by atoms with E-state index in [1.165, 1.54) is 0 Å². The molecular weight excluding hydrogens is 320 g/mol. The van der Waals surface area contributed by atoms with Gasteiger partial charge in [0, 0.05) is 37.9 Å². The van der Waals surface area contributed by atoms with Crippen molar-refractivity contribution in [2.45, 2.75) is 13.3 Å². The minimum atomic E-state index is -0.445. The molecule has 4 aromatic rings. The van der Waals surface area contributed by atoms with E-state index in [0.717, 1.165) is 20.3 Å². The Morgan fingerprint density at radius 3 is 2.71 bits per heavy atom. The molecule has 0 amide bonds. The van der Waals surface area contributed by atoms with Gasteiger partial charge in [0.25, 0.3) is 0 Å². The smallest absolute Gasteiger partial charge is 0.339 e. The molecule has 0 radical (unpaired) electrons. The Morgan fingerprint density at radius 1 is 1.08 bits per heavy atom. The fraction of sp³-hybridized carbons (Fsp3) is 0.100. The SMILES string of the molecule is Cc1sc2ccccc2c1C(=O)Cc1cc2ccccc2oc1=O. The van der Waals surface area contributed by atoms with Crippen LogP contribution in [0.2, 0.25) is 0 Å². The lowest BCUT2D eigenvalue weighted by molar-refractivity contribution is 0.0993. The zero-order valence-electron chi connectivity index (χ0n) is 13.0. The van der Waals surface area contributed by atoms with Gasteiger partial charge in [0.1, 0.15) is 5.58 Å². The van der Waals surface area contributed by atoms with E-state index in [0.29, 0.717) is 16.7 Å². The van der Waals surface area contributed by atoms with Crippen molar-refractivity contribution in [1.29, 1.82) is 0 Å². The monoisotopic (exact) mass is 334 g/mol. The molecule has 2 aromatic carbocycles. The van der Waals surface area contributed by atoms with Crippen molar-refractivity contribution in [3.63, 3.8) is 0 Å². The van der Waals surface area contributed by atoms with Crippen LogP contribution >= 0.6 is 11.3 Å². The first-order valence-corrected chi connectivity index (χ1v) is 8.48. The molecule has 0 saturated heterocycles. The molecule has 0 aliphatic rings. The van der Waals surface area contributed by atoms with Crippen LogP contribution in [0.3, 0.4) is 0 Å². The van der Waals surface area contributed by atoms with Gasteiger partial charge in [-0.1, -0.05) is 36.4 Å². The highest BCUT2D eigenvalue weighted by Gasteiger charge is 2.18. The lowest BCUT2D eigenvalue weighted by Crippen LogP contribution is -2.13. The Labute approximate surface area is 142 Å². The third kappa shape index (κ3) is 2.45. The maximum Gasteiger partial charge on any atom is 0.339 e. The molecule has 24 heavy (non-hydrogen) atoms. The van der Waals surface area contributed by atoms with Gasteiger partial charge in [0.05, 0.1) is 0 Å². The molecule has 0 aliphatic carbocycles. The molecule has 0 N–H and O–H groups in total. The van der Waals surface area contributed by atoms with Gasteiger partial charge in [-0.25, -0.2) is 4.79 Å². The number of para-hydroxylation sites is 1. The summed E-state index contributed by atoms with van der Waals surface area (Å²) in [6.07, 6.45) is 0.0503. The number of hydrogen-bond donors (Lipinski definition) is 0. The van der Waals surface area contributed by atoms with E-state index >= 15 is 0 Å². The molecule has 0 saturated carbocycles. The molecule has 2 aromatic heterocycles. The normalized spacial score (nSPS) is 11.2. The van der Waals surface area contributed by atoms with Crippen molar-refractivity contribution in [2.24, 2.45) is 0 Å². The van der Waals surface area contributed by atoms with Crippen LogP contribution in [-0.2, 0) is 6.42 Å². The van der Waals surface area contributed by atoms with Gasteiger partial charge in [-0.15, -0.1) is 11.3 Å². The lowest BCUT2D eigenvalue weighted by atomic mass is 10.0. The minimum Gasteiger partial charge on any atom is -0.423 e. The summed E-state index contributed by atoms with van der Waals surface area (Å²) in [5, 5.41) is 1.78. The largest absolute Gasteiger partial charge is 0.423 e. The number of ketones is 1. The van der Waals surface area contributed by atoms with Crippen molar-refractivity contribution in [3.05, 3.63) is 81.0 Å². The number of rotatable bonds is 3. The second kappa shape index (κ2) is 5.73. The van der Waals surface area contributed by atoms with Gasteiger partial charge < -0.3 is 4.42 Å². The predicted octanol–water partition coefficient (Wildman–Crippen LogP) is 4.74. The van der Waals surface area contributed by atoms with E-state index in [1.54, 1.807) is 23.5 Å². The fourth-order valence-corrected chi connectivity index (χ4v) is 4.09. The maximum atomic E-state index is 12.8. The summed E-state index contributed by atoms with van der Waals surface area (Å²) >= 11 is 1.60. The Hall–Kier alpha value is -2.72. The lowest BCUT2D eigenvalue weighted by Gasteiger charge is -2.03. The fourth-order valence-electron chi connectivity index (χ4n) is 3.00. The molecule has 0 aliphatic heterocycles. The van der Waals surface area contributed by atoms with E-state index in [2.05, 4.69) is 0 Å². The number of benzene rings is 2. The Kier molecular flexibility index (Phi) is 3.54. The number of carbonyl (C=O) groups is 1. The maximum absolute atomic E-state index is 12.8. The molecule has 4 heteroatoms. The van der Waals surface area contributed by atoms with Crippen molar-refractivity contribution in [3.8, 4) is 0 Å². The quantitative estimate of drug-likeness (QED) is 0.401. The summed E-state index contributed by atoms with van der Waals surface area (Å²) in [6.45, 7) is 1.95. The number of aryl methyl sites for hydroxylation is 1. The molecule has 3 nitrogen and oxygen atoms in total. The number of hydrogen-bond acceptors (Lipinski definition) is 4. The molecule has 0 atom stereocenters. The average molecular weight is 334 g/mol. The molecule has 2 heterocycles. The van der Waals surface area contributed by atoms with Gasteiger partial charge in [-0.2, -0.15) is 0 Å². The van der Waals surface area contributed by atoms with Crippen LogP contribution < -0.4 is 5.63 Å². The van der Waals surface area contributed by atoms with Crippen molar-refractivity contribution >= 4 is 38.2 Å². The third-order valence-electron chi connectivity index (χ3n) is 4.11. The summed E-state index contributed by atoms with van der Waals surface area (Å²) < 4.78 is 6.41. The third-order valence-corrected chi connectivity index (χ3v) is 5.20. The topological polar surface area (TPSA) is 47.3 Å². The van der Waals surface area contributed by atoms with Crippen LogP contribution in [0.1, 0.15) is 20.8 Å². The van der Waals surface area contributed by atoms with E-state index in [1.807, 2.05) is 49.4 Å². The van der Waals surface area contributed by atoms with Gasteiger partial charge >= 0.3 is 5.63 Å². The molecule has 0 unspecified atom stereocenters. The summed E-state index contributed by atoms with van der Waals surface area (Å²) in [6, 6.07) is 16.9. The molecular formula is C20H14O3S. The van der Waals surface area contributed by atoms with Crippen LogP contribution in [0.25, 0.3) is 21.1 Å². The van der Waals surface area contributed by atoms with Crippen LogP contribution in [0.5, 0.6) is 0 Å². The molecule has 0 spiro atoms. The summed E-state index contributed by atoms with van der Waals surface area (Å²) in [5.41, 5.74) is 1.20. The zero-order chi connectivity index (χ0) is 16.7. The first-order valence-electron chi connectivity index (χ1n) is 7.66. The van der Waals surface area contributed by atoms with Gasteiger partial charge in [-0.3, -0.25) is 4.79 Å². The second-order valence-corrected chi connectivity index (χ2v) is 6.98. The van der Waals surface area contributed by atoms with Gasteiger partial charge in [-0.05, 0) is 25.1 Å². The molecule has 118 valence electrons. The zero-order valence-corrected chi connectivity index (χ0v) is 13.9. The number of thiophene rings is 1. The van der Waals surface area contributed by atoms with Crippen molar-refractivity contribution < 1.29 is 9.21 Å². The standard InChI is InChI=1S/C20H14O3S/c1-12-19(15-7-3-5-9-18(15)24-12)16(21)11-14-10-13-6-2-4-8-17(13)23-20(14)22/h2-10H,11H2,1H3. The van der Waals surface area contributed by atoms with Crippen LogP contribution in [0.15, 0.2) is 63.8 Å². The first-order chi connectivity index (χ1) is 11.6. The predicted molar refractivity (Wildman–Crippen MR) is 97.1 cm³/mol. The highest BCUT2D eigenvalue weighted by molar-refractivity contribution is 7.19. The molecule has 0 fully saturated rings. The molecule has 0 bridgehead atoms. The summed E-state index contributed by atoms with van der Waals surface area (Å²) in [7, 11) is 0. The highest BCUT2D eigenvalue weighted by atomic mass is 32.1. The van der Waals surface area contributed by atoms with Gasteiger partial charge in [0.15, 0.2) is 5.78 Å². The summed E-state index contributed by atoms with van der Waals surface area (Å²) in [4.78, 5) is 26.0. The van der Waals surface area contributed by atoms with E-state index < -0.39 is 5.63 Å². The van der Waals surface area contributed by atoms with Crippen LogP contribution in [0.4, 0.5) is 0 Å². The number of fused-ring (bicyclic) bond motifs is 2. The van der Waals surface area contributed by atoms with Crippen LogP contribution in [0, 0.1) is 6.92 Å². The average Bonchev–Trinajstić information content (AvgIpc) is 2.91. The van der Waals surface area contributed by atoms with Crippen LogP contribution in [-0.4, -0.2) is 5.78 Å². The molecule has 4 rings (SSSR count). The second-order valence-electron chi connectivity index (χ2n) is 5.73. The van der Waals surface area contributed by atoms with Crippen molar-refractivity contribution in [1.82, 2.24) is 0 Å². The Morgan fingerprint density at radius 2 is 1.83 bits per heavy atom. The summed E-state index contributed by atoms with van der Waals surface area (Å²) in [5.74, 6) is -0.0486. The number of Topliss-reactive ketones (excluding diaryl/α,β-unsaturated/α-hetero) is 1. The first kappa shape index (κ1) is 14.8. The Bertz CT molecular complexity index is 1130. The highest BCUT2D eigenvalue weighted by Crippen LogP contribution is 2.31. The van der Waals surface area contributed by atoms with E-state index in [4.69, 9.17) is 4.42 Å².